The standard InChI is InChI=1S/C15H19ClN2O3/c1-3-9-17-13(19)10-18(2)15-11(7-8-14(20)21)5-4-6-12(15)16/h4-8H,3,9-10H2,1-2H3,(H,17,19)(H,20,21)/b8-7+. The maximum absolute atomic E-state index is 11.8. The molecule has 0 radical (unpaired) electrons. The predicted molar refractivity (Wildman–Crippen MR) is 84.7 cm³/mol. The van der Waals surface area contributed by atoms with E-state index in [-0.39, 0.29) is 12.5 Å². The number of nitrogens with zero attached hydrogens (tertiary/aromatic N) is 1. The summed E-state index contributed by atoms with van der Waals surface area (Å²) in [6, 6.07) is 5.19. The number of nitrogens with one attached hydrogen (secondary N) is 1. The molecule has 0 atom stereocenters. The van der Waals surface area contributed by atoms with Crippen LogP contribution in [0.2, 0.25) is 5.02 Å². The van der Waals surface area contributed by atoms with Crippen LogP contribution in [0.1, 0.15) is 18.9 Å². The van der Waals surface area contributed by atoms with E-state index in [9.17, 15) is 9.59 Å². The highest BCUT2D eigenvalue weighted by molar-refractivity contribution is 6.33. The summed E-state index contributed by atoms with van der Waals surface area (Å²) in [6.45, 7) is 2.76. The lowest BCUT2D eigenvalue weighted by atomic mass is 10.1. The number of para-hydroxylation sites is 1. The molecule has 21 heavy (non-hydrogen) atoms. The molecule has 0 bridgehead atoms. The number of benzene rings is 1. The molecule has 1 aromatic carbocycles. The van der Waals surface area contributed by atoms with Gasteiger partial charge in [0.05, 0.1) is 17.3 Å². The minimum absolute atomic E-state index is 0.104. The number of halogens is 1. The Kier molecular flexibility index (Phi) is 6.75. The zero-order chi connectivity index (χ0) is 15.8. The second kappa shape index (κ2) is 8.32. The van der Waals surface area contributed by atoms with Crippen LogP contribution < -0.4 is 10.2 Å². The number of carboxylic acid groups (broad SMARTS) is 1. The zero-order valence-electron chi connectivity index (χ0n) is 12.1. The number of aliphatic carboxylic acids is 1. The SMILES string of the molecule is CCCNC(=O)CN(C)c1c(Cl)cccc1/C=C/C(=O)O. The molecule has 0 aliphatic carbocycles. The highest BCUT2D eigenvalue weighted by Crippen LogP contribution is 2.30. The second-order valence-electron chi connectivity index (χ2n) is 4.56. The van der Waals surface area contributed by atoms with E-state index in [1.165, 1.54) is 6.08 Å². The Morgan fingerprint density at radius 2 is 2.14 bits per heavy atom. The van der Waals surface area contributed by atoms with E-state index in [1.807, 2.05) is 6.92 Å². The minimum atomic E-state index is -1.04. The normalized spacial score (nSPS) is 10.6. The van der Waals surface area contributed by atoms with Gasteiger partial charge in [0.2, 0.25) is 5.91 Å². The third-order valence-electron chi connectivity index (χ3n) is 2.76. The molecule has 0 heterocycles. The first kappa shape index (κ1) is 17.0. The van der Waals surface area contributed by atoms with E-state index in [4.69, 9.17) is 16.7 Å². The Hall–Kier alpha value is -2.01. The predicted octanol–water partition coefficient (Wildman–Crippen LogP) is 2.40. The number of hydrogen-bond acceptors (Lipinski definition) is 3. The molecule has 0 fully saturated rings. The number of carboxylic acids is 1. The molecule has 0 aromatic heterocycles. The van der Waals surface area contributed by atoms with E-state index in [0.29, 0.717) is 22.8 Å². The third-order valence-corrected chi connectivity index (χ3v) is 3.06. The van der Waals surface area contributed by atoms with Crippen molar-refractivity contribution in [2.24, 2.45) is 0 Å². The third kappa shape index (κ3) is 5.47. The molecule has 2 N–H and O–H groups in total. The number of carbonyl (C=O) groups is 2. The van der Waals surface area contributed by atoms with Gasteiger partial charge in [0.25, 0.3) is 0 Å². The average molecular weight is 311 g/mol. The lowest BCUT2D eigenvalue weighted by Crippen LogP contribution is -2.35. The van der Waals surface area contributed by atoms with Crippen LogP contribution in [0.3, 0.4) is 0 Å². The van der Waals surface area contributed by atoms with Crippen LogP contribution >= 0.6 is 11.6 Å². The molecule has 0 saturated carbocycles. The molecule has 0 aliphatic rings. The van der Waals surface area contributed by atoms with Crippen molar-refractivity contribution in [1.82, 2.24) is 5.32 Å². The average Bonchev–Trinajstić information content (AvgIpc) is 2.42. The molecular weight excluding hydrogens is 292 g/mol. The van der Waals surface area contributed by atoms with Gasteiger partial charge in [-0.25, -0.2) is 4.79 Å². The molecule has 0 aliphatic heterocycles. The van der Waals surface area contributed by atoms with Crippen LogP contribution in [-0.4, -0.2) is 37.1 Å². The monoisotopic (exact) mass is 310 g/mol. The summed E-state index contributed by atoms with van der Waals surface area (Å²) >= 11 is 6.17. The lowest BCUT2D eigenvalue weighted by Gasteiger charge is -2.22. The molecule has 6 heteroatoms. The molecular formula is C15H19ClN2O3. The van der Waals surface area contributed by atoms with E-state index in [2.05, 4.69) is 5.32 Å². The number of hydrogen-bond donors (Lipinski definition) is 2. The number of carbonyl (C=O) groups excluding carboxylic acids is 1. The van der Waals surface area contributed by atoms with Crippen LogP contribution in [0.25, 0.3) is 6.08 Å². The molecule has 1 amide bonds. The Labute approximate surface area is 129 Å². The topological polar surface area (TPSA) is 69.6 Å². The van der Waals surface area contributed by atoms with Crippen LogP contribution in [0.15, 0.2) is 24.3 Å². The lowest BCUT2D eigenvalue weighted by molar-refractivity contribution is -0.131. The fourth-order valence-electron chi connectivity index (χ4n) is 1.85. The van der Waals surface area contributed by atoms with Crippen molar-refractivity contribution in [3.8, 4) is 0 Å². The van der Waals surface area contributed by atoms with Gasteiger partial charge in [-0.15, -0.1) is 0 Å². The largest absolute Gasteiger partial charge is 0.478 e. The van der Waals surface area contributed by atoms with Crippen molar-refractivity contribution in [3.05, 3.63) is 34.9 Å². The van der Waals surface area contributed by atoms with E-state index in [1.54, 1.807) is 30.1 Å². The minimum Gasteiger partial charge on any atom is -0.478 e. The molecule has 0 spiro atoms. The Morgan fingerprint density at radius 3 is 2.76 bits per heavy atom. The fraction of sp³-hybridized carbons (Fsp3) is 0.333. The smallest absolute Gasteiger partial charge is 0.328 e. The van der Waals surface area contributed by atoms with Gasteiger partial charge in [0.1, 0.15) is 0 Å². The molecule has 5 nitrogen and oxygen atoms in total. The number of amides is 1. The molecule has 0 saturated heterocycles. The number of rotatable bonds is 7. The van der Waals surface area contributed by atoms with Crippen molar-refractivity contribution >= 4 is 35.2 Å². The first-order valence-corrected chi connectivity index (χ1v) is 7.00. The van der Waals surface area contributed by atoms with Crippen LogP contribution in [0, 0.1) is 0 Å². The number of anilines is 1. The van der Waals surface area contributed by atoms with Crippen molar-refractivity contribution in [2.45, 2.75) is 13.3 Å². The Balaban J connectivity index is 2.94. The van der Waals surface area contributed by atoms with Gasteiger partial charge in [0, 0.05) is 19.7 Å². The molecule has 0 unspecified atom stereocenters. The van der Waals surface area contributed by atoms with E-state index < -0.39 is 5.97 Å². The first-order valence-electron chi connectivity index (χ1n) is 6.63. The van der Waals surface area contributed by atoms with Gasteiger partial charge in [0.15, 0.2) is 0 Å². The Morgan fingerprint density at radius 1 is 1.43 bits per heavy atom. The maximum atomic E-state index is 11.8. The van der Waals surface area contributed by atoms with E-state index >= 15 is 0 Å². The van der Waals surface area contributed by atoms with Crippen molar-refractivity contribution in [1.29, 1.82) is 0 Å². The molecule has 1 aromatic rings. The van der Waals surface area contributed by atoms with E-state index in [0.717, 1.165) is 12.5 Å². The van der Waals surface area contributed by atoms with Gasteiger partial charge >= 0.3 is 5.97 Å². The van der Waals surface area contributed by atoms with Crippen molar-refractivity contribution in [3.63, 3.8) is 0 Å². The number of likely N-dealkylation sites (N-methyl/N-ethyl adjacent to an activating group) is 1. The van der Waals surface area contributed by atoms with Gasteiger partial charge in [-0.2, -0.15) is 0 Å². The highest BCUT2D eigenvalue weighted by atomic mass is 35.5. The summed E-state index contributed by atoms with van der Waals surface area (Å²) in [4.78, 5) is 24.1. The van der Waals surface area contributed by atoms with Crippen molar-refractivity contribution in [2.75, 3.05) is 25.0 Å². The van der Waals surface area contributed by atoms with Gasteiger partial charge in [-0.05, 0) is 24.1 Å². The molecule has 1 rings (SSSR count). The quantitative estimate of drug-likeness (QED) is 0.759. The highest BCUT2D eigenvalue weighted by Gasteiger charge is 2.13. The summed E-state index contributed by atoms with van der Waals surface area (Å²) in [5.41, 5.74) is 1.28. The maximum Gasteiger partial charge on any atom is 0.328 e. The van der Waals surface area contributed by atoms with Gasteiger partial charge < -0.3 is 15.3 Å². The first-order chi connectivity index (χ1) is 9.95. The summed E-state index contributed by atoms with van der Waals surface area (Å²) in [5, 5.41) is 12.0. The summed E-state index contributed by atoms with van der Waals surface area (Å²) in [5.74, 6) is -1.14. The molecule has 114 valence electrons. The van der Waals surface area contributed by atoms with Crippen LogP contribution in [-0.2, 0) is 9.59 Å². The van der Waals surface area contributed by atoms with Gasteiger partial charge in [-0.3, -0.25) is 4.79 Å². The summed E-state index contributed by atoms with van der Waals surface area (Å²) in [7, 11) is 1.74. The van der Waals surface area contributed by atoms with Crippen LogP contribution in [0.4, 0.5) is 5.69 Å². The van der Waals surface area contributed by atoms with Crippen LogP contribution in [0.5, 0.6) is 0 Å². The van der Waals surface area contributed by atoms with Crippen molar-refractivity contribution < 1.29 is 14.7 Å². The van der Waals surface area contributed by atoms with Gasteiger partial charge in [-0.1, -0.05) is 30.7 Å². The summed E-state index contributed by atoms with van der Waals surface area (Å²) < 4.78 is 0. The summed E-state index contributed by atoms with van der Waals surface area (Å²) in [6.07, 6.45) is 3.37. The Bertz CT molecular complexity index is 544. The zero-order valence-corrected chi connectivity index (χ0v) is 12.9. The second-order valence-corrected chi connectivity index (χ2v) is 4.96. The fourth-order valence-corrected chi connectivity index (χ4v) is 2.17.